The summed E-state index contributed by atoms with van der Waals surface area (Å²) in [6.45, 7) is 0.505. The molecule has 1 aliphatic rings. The fourth-order valence-corrected chi connectivity index (χ4v) is 2.76. The number of carbonyl (C=O) groups excluding carboxylic acids is 2. The third-order valence-corrected chi connectivity index (χ3v) is 3.98. The van der Waals surface area contributed by atoms with Crippen LogP contribution in [-0.2, 0) is 4.79 Å². The highest BCUT2D eigenvalue weighted by Crippen LogP contribution is 2.29. The van der Waals surface area contributed by atoms with Crippen LogP contribution in [0.5, 0.6) is 0 Å². The van der Waals surface area contributed by atoms with Gasteiger partial charge in [-0.05, 0) is 36.8 Å². The summed E-state index contributed by atoms with van der Waals surface area (Å²) in [6, 6.07) is 7.66. The molecule has 3 rings (SSSR count). The Morgan fingerprint density at radius 3 is 2.58 bits per heavy atom. The second-order valence-corrected chi connectivity index (χ2v) is 5.83. The highest BCUT2D eigenvalue weighted by atomic mass is 35.5. The Kier molecular flexibility index (Phi) is 4.49. The molecule has 24 heavy (non-hydrogen) atoms. The number of benzene rings is 2. The quantitative estimate of drug-likeness (QED) is 0.909. The van der Waals surface area contributed by atoms with Crippen molar-refractivity contribution in [2.24, 2.45) is 0 Å². The molecule has 0 atom stereocenters. The van der Waals surface area contributed by atoms with E-state index in [9.17, 15) is 18.4 Å². The molecule has 2 aromatic carbocycles. The van der Waals surface area contributed by atoms with Crippen molar-refractivity contribution < 1.29 is 18.4 Å². The molecule has 0 saturated carbocycles. The van der Waals surface area contributed by atoms with Gasteiger partial charge < -0.3 is 10.2 Å². The van der Waals surface area contributed by atoms with Crippen molar-refractivity contribution in [3.05, 3.63) is 58.6 Å². The first kappa shape index (κ1) is 16.4. The molecule has 0 bridgehead atoms. The summed E-state index contributed by atoms with van der Waals surface area (Å²) < 4.78 is 26.2. The van der Waals surface area contributed by atoms with Crippen molar-refractivity contribution in [2.45, 2.75) is 12.8 Å². The van der Waals surface area contributed by atoms with E-state index in [1.54, 1.807) is 6.07 Å². The van der Waals surface area contributed by atoms with E-state index in [0.29, 0.717) is 30.1 Å². The minimum atomic E-state index is -1.06. The molecule has 1 fully saturated rings. The highest BCUT2D eigenvalue weighted by Gasteiger charge is 2.26. The zero-order chi connectivity index (χ0) is 17.3. The normalized spacial score (nSPS) is 14.1. The number of rotatable bonds is 3. The average molecular weight is 351 g/mol. The topological polar surface area (TPSA) is 49.4 Å². The molecular weight excluding hydrogens is 338 g/mol. The van der Waals surface area contributed by atoms with Crippen LogP contribution in [-0.4, -0.2) is 18.4 Å². The molecule has 0 aliphatic carbocycles. The van der Waals surface area contributed by atoms with Gasteiger partial charge in [-0.15, -0.1) is 0 Å². The van der Waals surface area contributed by atoms with Gasteiger partial charge in [-0.2, -0.15) is 0 Å². The minimum absolute atomic E-state index is 0.0841. The Morgan fingerprint density at radius 1 is 1.12 bits per heavy atom. The largest absolute Gasteiger partial charge is 0.322 e. The number of hydrogen-bond donors (Lipinski definition) is 1. The van der Waals surface area contributed by atoms with Crippen molar-refractivity contribution in [3.8, 4) is 0 Å². The predicted molar refractivity (Wildman–Crippen MR) is 87.4 cm³/mol. The lowest BCUT2D eigenvalue weighted by Gasteiger charge is -2.19. The third kappa shape index (κ3) is 3.23. The van der Waals surface area contributed by atoms with Crippen LogP contribution in [0.25, 0.3) is 0 Å². The van der Waals surface area contributed by atoms with E-state index in [-0.39, 0.29) is 17.2 Å². The lowest BCUT2D eigenvalue weighted by molar-refractivity contribution is -0.117. The van der Waals surface area contributed by atoms with E-state index in [1.165, 1.54) is 23.1 Å². The molecular formula is C17H13ClF2N2O2. The number of nitrogens with one attached hydrogen (secondary N) is 1. The summed E-state index contributed by atoms with van der Waals surface area (Å²) in [5.74, 6) is -2.67. The van der Waals surface area contributed by atoms with Crippen LogP contribution >= 0.6 is 11.6 Å². The molecule has 1 saturated heterocycles. The predicted octanol–water partition coefficient (Wildman–Crippen LogP) is 4.00. The summed E-state index contributed by atoms with van der Waals surface area (Å²) >= 11 is 5.99. The maximum Gasteiger partial charge on any atom is 0.257 e. The van der Waals surface area contributed by atoms with Gasteiger partial charge in [-0.25, -0.2) is 8.78 Å². The van der Waals surface area contributed by atoms with Crippen molar-refractivity contribution in [3.63, 3.8) is 0 Å². The Morgan fingerprint density at radius 2 is 1.92 bits per heavy atom. The summed E-state index contributed by atoms with van der Waals surface area (Å²) in [4.78, 5) is 26.0. The van der Waals surface area contributed by atoms with Crippen LogP contribution in [0.15, 0.2) is 36.4 Å². The van der Waals surface area contributed by atoms with E-state index < -0.39 is 17.5 Å². The van der Waals surface area contributed by atoms with Gasteiger partial charge in [0.05, 0.1) is 11.3 Å². The zero-order valence-corrected chi connectivity index (χ0v) is 13.2. The van der Waals surface area contributed by atoms with Crippen LogP contribution in [0.3, 0.4) is 0 Å². The van der Waals surface area contributed by atoms with Gasteiger partial charge in [0.2, 0.25) is 5.91 Å². The fourth-order valence-electron chi connectivity index (χ4n) is 2.60. The van der Waals surface area contributed by atoms with Crippen LogP contribution in [0, 0.1) is 11.6 Å². The number of halogens is 3. The number of hydrogen-bond acceptors (Lipinski definition) is 2. The van der Waals surface area contributed by atoms with Crippen LogP contribution in [0.1, 0.15) is 23.2 Å². The van der Waals surface area contributed by atoms with E-state index in [2.05, 4.69) is 5.32 Å². The summed E-state index contributed by atoms with van der Waals surface area (Å²) in [6.07, 6.45) is 1.12. The minimum Gasteiger partial charge on any atom is -0.322 e. The second kappa shape index (κ2) is 6.57. The molecule has 0 unspecified atom stereocenters. The summed E-state index contributed by atoms with van der Waals surface area (Å²) in [5, 5.41) is 2.90. The molecule has 0 spiro atoms. The standard InChI is InChI=1S/C17H13ClF2N2O2/c18-10-3-5-12(15(8-10)22-7-1-2-16(22)23)17(24)21-11-4-6-13(19)14(20)9-11/h3-6,8-9H,1-2,7H2,(H,21,24). The molecule has 1 heterocycles. The summed E-state index contributed by atoms with van der Waals surface area (Å²) in [5.41, 5.74) is 0.761. The van der Waals surface area contributed by atoms with Crippen LogP contribution in [0.2, 0.25) is 5.02 Å². The Hall–Kier alpha value is -2.47. The molecule has 1 aliphatic heterocycles. The second-order valence-electron chi connectivity index (χ2n) is 5.39. The van der Waals surface area contributed by atoms with Crippen molar-refractivity contribution in [1.82, 2.24) is 0 Å². The highest BCUT2D eigenvalue weighted by molar-refractivity contribution is 6.31. The van der Waals surface area contributed by atoms with Crippen molar-refractivity contribution >= 4 is 34.8 Å². The van der Waals surface area contributed by atoms with Gasteiger partial charge in [-0.3, -0.25) is 9.59 Å². The van der Waals surface area contributed by atoms with Crippen LogP contribution in [0.4, 0.5) is 20.2 Å². The van der Waals surface area contributed by atoms with Crippen LogP contribution < -0.4 is 10.2 Å². The average Bonchev–Trinajstić information content (AvgIpc) is 2.96. The van der Waals surface area contributed by atoms with E-state index >= 15 is 0 Å². The lowest BCUT2D eigenvalue weighted by Crippen LogP contribution is -2.27. The maximum atomic E-state index is 13.3. The first-order chi connectivity index (χ1) is 11.5. The monoisotopic (exact) mass is 350 g/mol. The maximum absolute atomic E-state index is 13.3. The number of amides is 2. The molecule has 1 N–H and O–H groups in total. The smallest absolute Gasteiger partial charge is 0.257 e. The molecule has 124 valence electrons. The molecule has 2 amide bonds. The number of carbonyl (C=O) groups is 2. The van der Waals surface area contributed by atoms with E-state index in [4.69, 9.17) is 11.6 Å². The lowest BCUT2D eigenvalue weighted by atomic mass is 10.1. The van der Waals surface area contributed by atoms with Gasteiger partial charge in [0, 0.05) is 29.7 Å². The van der Waals surface area contributed by atoms with Gasteiger partial charge in [0.15, 0.2) is 11.6 Å². The molecule has 0 aromatic heterocycles. The van der Waals surface area contributed by atoms with Crippen molar-refractivity contribution in [1.29, 1.82) is 0 Å². The van der Waals surface area contributed by atoms with E-state index in [0.717, 1.165) is 12.1 Å². The number of nitrogens with zero attached hydrogens (tertiary/aromatic N) is 1. The Balaban J connectivity index is 1.91. The zero-order valence-electron chi connectivity index (χ0n) is 12.5. The van der Waals surface area contributed by atoms with Gasteiger partial charge in [0.25, 0.3) is 5.91 Å². The Bertz CT molecular complexity index is 826. The molecule has 0 radical (unpaired) electrons. The van der Waals surface area contributed by atoms with Crippen molar-refractivity contribution in [2.75, 3.05) is 16.8 Å². The van der Waals surface area contributed by atoms with E-state index in [1.807, 2.05) is 0 Å². The molecule has 4 nitrogen and oxygen atoms in total. The third-order valence-electron chi connectivity index (χ3n) is 3.75. The van der Waals surface area contributed by atoms with Gasteiger partial charge in [0.1, 0.15) is 0 Å². The van der Waals surface area contributed by atoms with Gasteiger partial charge >= 0.3 is 0 Å². The first-order valence-electron chi connectivity index (χ1n) is 7.32. The summed E-state index contributed by atoms with van der Waals surface area (Å²) in [7, 11) is 0. The first-order valence-corrected chi connectivity index (χ1v) is 7.70. The molecule has 7 heteroatoms. The molecule has 2 aromatic rings. The van der Waals surface area contributed by atoms with Gasteiger partial charge in [-0.1, -0.05) is 11.6 Å². The fraction of sp³-hybridized carbons (Fsp3) is 0.176. The number of anilines is 2. The SMILES string of the molecule is O=C(Nc1ccc(F)c(F)c1)c1ccc(Cl)cc1N1CCCC1=O. The Labute approximate surface area is 142 Å².